The number of thioether (sulfide) groups is 1. The minimum absolute atomic E-state index is 0.155. The van der Waals surface area contributed by atoms with Crippen LogP contribution in [-0.4, -0.2) is 21.4 Å². The summed E-state index contributed by atoms with van der Waals surface area (Å²) in [6.45, 7) is 4.23. The minimum atomic E-state index is 0.155. The fourth-order valence-corrected chi connectivity index (χ4v) is 2.27. The molecular formula is C13H18N4S. The Morgan fingerprint density at radius 3 is 2.44 bits per heavy atom. The molecule has 1 aromatic heterocycles. The molecule has 2 unspecified atom stereocenters. The number of rotatable bonds is 5. The Balaban J connectivity index is 2.00. The van der Waals surface area contributed by atoms with Crippen LogP contribution in [0.15, 0.2) is 35.5 Å². The topological polar surface area (TPSA) is 53.6 Å². The fraction of sp³-hybridized carbons (Fsp3) is 0.385. The molecule has 96 valence electrons. The van der Waals surface area contributed by atoms with Crippen molar-refractivity contribution in [3.63, 3.8) is 0 Å². The van der Waals surface area contributed by atoms with Crippen molar-refractivity contribution < 1.29 is 0 Å². The van der Waals surface area contributed by atoms with Gasteiger partial charge < -0.3 is 5.32 Å². The highest BCUT2D eigenvalue weighted by atomic mass is 32.2. The minimum Gasteiger partial charge on any atom is -0.301 e. The number of nitrogens with one attached hydrogen (secondary N) is 2. The summed E-state index contributed by atoms with van der Waals surface area (Å²) in [5.74, 6) is 0.864. The summed E-state index contributed by atoms with van der Waals surface area (Å²) in [7, 11) is 0. The van der Waals surface area contributed by atoms with E-state index in [1.165, 1.54) is 16.8 Å². The highest BCUT2D eigenvalue weighted by molar-refractivity contribution is 7.98. The van der Waals surface area contributed by atoms with Crippen LogP contribution in [0.2, 0.25) is 0 Å². The third kappa shape index (κ3) is 3.11. The third-order valence-electron chi connectivity index (χ3n) is 2.96. The number of aromatic amines is 1. The molecule has 0 radical (unpaired) electrons. The number of aromatic nitrogens is 3. The third-order valence-corrected chi connectivity index (χ3v) is 3.70. The first-order chi connectivity index (χ1) is 8.70. The molecule has 0 amide bonds. The van der Waals surface area contributed by atoms with Crippen LogP contribution >= 0.6 is 11.8 Å². The molecule has 0 spiro atoms. The normalized spacial score (nSPS) is 14.4. The van der Waals surface area contributed by atoms with Crippen LogP contribution < -0.4 is 5.32 Å². The Hall–Kier alpha value is -1.33. The maximum Gasteiger partial charge on any atom is 0.141 e. The van der Waals surface area contributed by atoms with Gasteiger partial charge in [-0.3, -0.25) is 5.10 Å². The van der Waals surface area contributed by atoms with Gasteiger partial charge in [-0.2, -0.15) is 5.10 Å². The highest BCUT2D eigenvalue weighted by Crippen LogP contribution is 2.20. The molecule has 1 heterocycles. The molecule has 5 heteroatoms. The Kier molecular flexibility index (Phi) is 4.38. The number of nitrogens with zero attached hydrogens (tertiary/aromatic N) is 2. The summed E-state index contributed by atoms with van der Waals surface area (Å²) in [6, 6.07) is 9.06. The van der Waals surface area contributed by atoms with Crippen LogP contribution in [0, 0.1) is 0 Å². The van der Waals surface area contributed by atoms with E-state index in [9.17, 15) is 0 Å². The van der Waals surface area contributed by atoms with E-state index in [0.29, 0.717) is 0 Å². The maximum absolute atomic E-state index is 4.16. The van der Waals surface area contributed by atoms with Crippen molar-refractivity contribution in [2.24, 2.45) is 0 Å². The summed E-state index contributed by atoms with van der Waals surface area (Å²) in [4.78, 5) is 5.44. The Morgan fingerprint density at radius 2 is 1.89 bits per heavy atom. The van der Waals surface area contributed by atoms with Crippen LogP contribution in [0.4, 0.5) is 0 Å². The summed E-state index contributed by atoms with van der Waals surface area (Å²) < 4.78 is 0. The molecule has 2 N–H and O–H groups in total. The molecule has 2 rings (SSSR count). The summed E-state index contributed by atoms with van der Waals surface area (Å²) in [5.41, 5.74) is 1.28. The van der Waals surface area contributed by atoms with Gasteiger partial charge >= 0.3 is 0 Å². The van der Waals surface area contributed by atoms with Gasteiger partial charge in [-0.25, -0.2) is 4.98 Å². The lowest BCUT2D eigenvalue weighted by Crippen LogP contribution is -2.23. The van der Waals surface area contributed by atoms with Gasteiger partial charge in [0.15, 0.2) is 0 Å². The first-order valence-electron chi connectivity index (χ1n) is 5.96. The molecule has 0 saturated carbocycles. The highest BCUT2D eigenvalue weighted by Gasteiger charge is 2.12. The van der Waals surface area contributed by atoms with E-state index in [1.54, 1.807) is 11.8 Å². The largest absolute Gasteiger partial charge is 0.301 e. The molecule has 0 aliphatic heterocycles. The summed E-state index contributed by atoms with van der Waals surface area (Å²) >= 11 is 1.76. The maximum atomic E-state index is 4.16. The lowest BCUT2D eigenvalue weighted by Gasteiger charge is -2.18. The van der Waals surface area contributed by atoms with Crippen molar-refractivity contribution in [3.05, 3.63) is 42.0 Å². The molecule has 2 aromatic rings. The second kappa shape index (κ2) is 6.02. The molecule has 0 bridgehead atoms. The Labute approximate surface area is 112 Å². The van der Waals surface area contributed by atoms with E-state index < -0.39 is 0 Å². The number of hydrogen-bond donors (Lipinski definition) is 2. The average molecular weight is 262 g/mol. The van der Waals surface area contributed by atoms with Gasteiger partial charge in [-0.05, 0) is 37.8 Å². The molecule has 0 aliphatic rings. The molecule has 1 aromatic carbocycles. The SMILES string of the molecule is CSc1ccc(C(C)NC(C)c2ncn[nH]2)cc1. The quantitative estimate of drug-likeness (QED) is 0.813. The van der Waals surface area contributed by atoms with Crippen LogP contribution in [0.1, 0.15) is 37.3 Å². The number of hydrogen-bond acceptors (Lipinski definition) is 4. The zero-order valence-electron chi connectivity index (χ0n) is 10.8. The number of benzene rings is 1. The molecule has 18 heavy (non-hydrogen) atoms. The smallest absolute Gasteiger partial charge is 0.141 e. The van der Waals surface area contributed by atoms with Crippen molar-refractivity contribution in [1.82, 2.24) is 20.5 Å². The van der Waals surface area contributed by atoms with Gasteiger partial charge in [0.25, 0.3) is 0 Å². The monoisotopic (exact) mass is 262 g/mol. The molecule has 0 aliphatic carbocycles. The van der Waals surface area contributed by atoms with Gasteiger partial charge in [0.05, 0.1) is 6.04 Å². The summed E-state index contributed by atoms with van der Waals surface area (Å²) in [5, 5.41) is 10.2. The van der Waals surface area contributed by atoms with E-state index in [-0.39, 0.29) is 12.1 Å². The van der Waals surface area contributed by atoms with Crippen LogP contribution in [-0.2, 0) is 0 Å². The van der Waals surface area contributed by atoms with Crippen molar-refractivity contribution in [1.29, 1.82) is 0 Å². The van der Waals surface area contributed by atoms with E-state index >= 15 is 0 Å². The molecule has 2 atom stereocenters. The zero-order chi connectivity index (χ0) is 13.0. The van der Waals surface area contributed by atoms with Gasteiger partial charge in [0, 0.05) is 10.9 Å². The van der Waals surface area contributed by atoms with Crippen molar-refractivity contribution in [2.45, 2.75) is 30.8 Å². The Morgan fingerprint density at radius 1 is 1.17 bits per heavy atom. The van der Waals surface area contributed by atoms with E-state index in [2.05, 4.69) is 64.9 Å². The molecular weight excluding hydrogens is 244 g/mol. The average Bonchev–Trinajstić information content (AvgIpc) is 2.92. The van der Waals surface area contributed by atoms with Crippen LogP contribution in [0.3, 0.4) is 0 Å². The second-order valence-corrected chi connectivity index (χ2v) is 5.13. The standard InChI is InChI=1S/C13H18N4S/c1-9(11-4-6-12(18-3)7-5-11)16-10(2)13-14-8-15-17-13/h4-10,16H,1-3H3,(H,14,15,17). The van der Waals surface area contributed by atoms with Crippen molar-refractivity contribution in [3.8, 4) is 0 Å². The fourth-order valence-electron chi connectivity index (χ4n) is 1.87. The van der Waals surface area contributed by atoms with Crippen molar-refractivity contribution in [2.75, 3.05) is 6.26 Å². The first-order valence-corrected chi connectivity index (χ1v) is 7.18. The molecule has 4 nitrogen and oxygen atoms in total. The van der Waals surface area contributed by atoms with Gasteiger partial charge in [-0.15, -0.1) is 11.8 Å². The predicted octanol–water partition coefficient (Wildman–Crippen LogP) is 2.94. The predicted molar refractivity (Wildman–Crippen MR) is 74.6 cm³/mol. The van der Waals surface area contributed by atoms with Gasteiger partial charge in [0.2, 0.25) is 0 Å². The second-order valence-electron chi connectivity index (χ2n) is 4.25. The van der Waals surface area contributed by atoms with Crippen LogP contribution in [0.5, 0.6) is 0 Å². The lowest BCUT2D eigenvalue weighted by molar-refractivity contribution is 0.477. The van der Waals surface area contributed by atoms with E-state index in [0.717, 1.165) is 5.82 Å². The van der Waals surface area contributed by atoms with Crippen molar-refractivity contribution >= 4 is 11.8 Å². The number of H-pyrrole nitrogens is 1. The van der Waals surface area contributed by atoms with E-state index in [4.69, 9.17) is 0 Å². The zero-order valence-corrected chi connectivity index (χ0v) is 11.7. The first kappa shape index (κ1) is 13.1. The Bertz CT molecular complexity index is 466. The van der Waals surface area contributed by atoms with Crippen LogP contribution in [0.25, 0.3) is 0 Å². The summed E-state index contributed by atoms with van der Waals surface area (Å²) in [6.07, 6.45) is 3.62. The molecule has 0 saturated heterocycles. The van der Waals surface area contributed by atoms with Gasteiger partial charge in [-0.1, -0.05) is 12.1 Å². The molecule has 0 fully saturated rings. The lowest BCUT2D eigenvalue weighted by atomic mass is 10.1. The van der Waals surface area contributed by atoms with E-state index in [1.807, 2.05) is 0 Å². The van der Waals surface area contributed by atoms with Gasteiger partial charge in [0.1, 0.15) is 12.2 Å².